The molecule has 4 nitrogen and oxygen atoms in total. The van der Waals surface area contributed by atoms with Crippen LogP contribution in [0.5, 0.6) is 5.75 Å². The van der Waals surface area contributed by atoms with Gasteiger partial charge in [-0.1, -0.05) is 19.4 Å². The maximum absolute atomic E-state index is 6.21. The predicted molar refractivity (Wildman–Crippen MR) is 86.9 cm³/mol. The molecule has 1 spiro atoms. The quantitative estimate of drug-likeness (QED) is 0.929. The minimum atomic E-state index is 0.0854. The van der Waals surface area contributed by atoms with Crippen molar-refractivity contribution in [3.63, 3.8) is 0 Å². The summed E-state index contributed by atoms with van der Waals surface area (Å²) in [5, 5.41) is 0. The Labute approximate surface area is 127 Å². The van der Waals surface area contributed by atoms with E-state index in [2.05, 4.69) is 28.9 Å². The molecule has 0 saturated heterocycles. The summed E-state index contributed by atoms with van der Waals surface area (Å²) in [6.07, 6.45) is 6.19. The number of rotatable bonds is 3. The van der Waals surface area contributed by atoms with Gasteiger partial charge in [0.05, 0.1) is 19.2 Å². The number of guanidine groups is 1. The maximum atomic E-state index is 6.21. The van der Waals surface area contributed by atoms with Crippen molar-refractivity contribution in [3.05, 3.63) is 24.3 Å². The normalized spacial score (nSPS) is 28.8. The highest BCUT2D eigenvalue weighted by atomic mass is 16.5. The zero-order valence-electron chi connectivity index (χ0n) is 13.0. The van der Waals surface area contributed by atoms with Crippen LogP contribution in [0, 0.1) is 5.92 Å². The van der Waals surface area contributed by atoms with E-state index in [9.17, 15) is 0 Å². The Morgan fingerprint density at radius 1 is 1.38 bits per heavy atom. The van der Waals surface area contributed by atoms with Crippen molar-refractivity contribution < 1.29 is 4.74 Å². The third-order valence-corrected chi connectivity index (χ3v) is 5.16. The molecule has 0 bridgehead atoms. The lowest BCUT2D eigenvalue weighted by molar-refractivity contribution is 0.244. The van der Waals surface area contributed by atoms with E-state index in [1.54, 1.807) is 7.11 Å². The summed E-state index contributed by atoms with van der Waals surface area (Å²) in [6.45, 7) is 3.12. The molecule has 2 aliphatic rings. The second-order valence-electron chi connectivity index (χ2n) is 6.29. The van der Waals surface area contributed by atoms with Crippen molar-refractivity contribution in [2.45, 2.75) is 44.6 Å². The fourth-order valence-electron chi connectivity index (χ4n) is 3.77. The summed E-state index contributed by atoms with van der Waals surface area (Å²) in [5.74, 6) is 2.38. The van der Waals surface area contributed by atoms with Crippen LogP contribution < -0.4 is 15.4 Å². The van der Waals surface area contributed by atoms with Gasteiger partial charge in [-0.2, -0.15) is 0 Å². The highest BCUT2D eigenvalue weighted by Crippen LogP contribution is 2.42. The molecule has 1 fully saturated rings. The van der Waals surface area contributed by atoms with E-state index in [1.165, 1.54) is 32.1 Å². The molecule has 0 unspecified atom stereocenters. The third-order valence-electron chi connectivity index (χ3n) is 5.16. The summed E-state index contributed by atoms with van der Waals surface area (Å²) in [6, 6.07) is 8.14. The molecule has 3 rings (SSSR count). The monoisotopic (exact) mass is 287 g/mol. The number of methoxy groups -OCH3 is 1. The fraction of sp³-hybridized carbons (Fsp3) is 0.588. The Hall–Kier alpha value is -1.71. The minimum Gasteiger partial charge on any atom is -0.497 e. The number of nitrogens with two attached hydrogens (primary N) is 1. The number of hydrogen-bond donors (Lipinski definition) is 1. The van der Waals surface area contributed by atoms with Crippen LogP contribution in [0.2, 0.25) is 0 Å². The second kappa shape index (κ2) is 5.58. The van der Waals surface area contributed by atoms with Crippen LogP contribution >= 0.6 is 0 Å². The van der Waals surface area contributed by atoms with Crippen LogP contribution in [0.1, 0.15) is 39.0 Å². The van der Waals surface area contributed by atoms with Crippen LogP contribution in [0.15, 0.2) is 29.3 Å². The standard InChI is InChI=1S/C17H25N3O/c1-3-13-7-9-17(10-8-13)12-19-16(18)20(17)14-5-4-6-15(11-14)21-2/h4-6,11,13H,3,7-10,12H2,1-2H3,(H2,18,19). The summed E-state index contributed by atoms with van der Waals surface area (Å²) >= 11 is 0. The van der Waals surface area contributed by atoms with E-state index in [0.29, 0.717) is 5.96 Å². The Kier molecular flexibility index (Phi) is 3.79. The van der Waals surface area contributed by atoms with Gasteiger partial charge < -0.3 is 15.4 Å². The second-order valence-corrected chi connectivity index (χ2v) is 6.29. The molecule has 114 valence electrons. The number of aliphatic imine (C=N–C) groups is 1. The smallest absolute Gasteiger partial charge is 0.196 e. The van der Waals surface area contributed by atoms with Crippen molar-refractivity contribution in [3.8, 4) is 5.75 Å². The van der Waals surface area contributed by atoms with Crippen molar-refractivity contribution in [2.24, 2.45) is 16.6 Å². The van der Waals surface area contributed by atoms with Crippen LogP contribution in [0.3, 0.4) is 0 Å². The number of anilines is 1. The van der Waals surface area contributed by atoms with Gasteiger partial charge in [0.25, 0.3) is 0 Å². The molecule has 0 amide bonds. The van der Waals surface area contributed by atoms with Gasteiger partial charge in [0.15, 0.2) is 5.96 Å². The topological polar surface area (TPSA) is 50.8 Å². The molecule has 0 atom stereocenters. The minimum absolute atomic E-state index is 0.0854. The van der Waals surface area contributed by atoms with Gasteiger partial charge in [0, 0.05) is 11.8 Å². The van der Waals surface area contributed by atoms with Gasteiger partial charge in [-0.05, 0) is 43.7 Å². The third kappa shape index (κ3) is 2.47. The zero-order valence-corrected chi connectivity index (χ0v) is 13.0. The fourth-order valence-corrected chi connectivity index (χ4v) is 3.77. The van der Waals surface area contributed by atoms with E-state index in [4.69, 9.17) is 10.5 Å². The number of nitrogens with zero attached hydrogens (tertiary/aromatic N) is 2. The zero-order chi connectivity index (χ0) is 14.9. The predicted octanol–water partition coefficient (Wildman–Crippen LogP) is 3.17. The Morgan fingerprint density at radius 2 is 2.14 bits per heavy atom. The van der Waals surface area contributed by atoms with Gasteiger partial charge in [0.2, 0.25) is 0 Å². The van der Waals surface area contributed by atoms with Gasteiger partial charge in [-0.15, -0.1) is 0 Å². The first-order valence-corrected chi connectivity index (χ1v) is 7.93. The van der Waals surface area contributed by atoms with Crippen molar-refractivity contribution >= 4 is 11.6 Å². The highest BCUT2D eigenvalue weighted by molar-refractivity contribution is 5.98. The van der Waals surface area contributed by atoms with Gasteiger partial charge in [-0.25, -0.2) is 0 Å². The average molecular weight is 287 g/mol. The summed E-state index contributed by atoms with van der Waals surface area (Å²) in [5.41, 5.74) is 7.40. The lowest BCUT2D eigenvalue weighted by Gasteiger charge is -2.44. The molecular weight excluding hydrogens is 262 g/mol. The van der Waals surface area contributed by atoms with Crippen LogP contribution in [0.4, 0.5) is 5.69 Å². The molecule has 1 heterocycles. The highest BCUT2D eigenvalue weighted by Gasteiger charge is 2.45. The largest absolute Gasteiger partial charge is 0.497 e. The van der Waals surface area contributed by atoms with E-state index in [1.807, 2.05) is 12.1 Å². The van der Waals surface area contributed by atoms with Crippen molar-refractivity contribution in [1.82, 2.24) is 0 Å². The SMILES string of the molecule is CCC1CCC2(CC1)CN=C(N)N2c1cccc(OC)c1. The van der Waals surface area contributed by atoms with E-state index >= 15 is 0 Å². The lowest BCUT2D eigenvalue weighted by atomic mass is 9.75. The first kappa shape index (κ1) is 14.2. The van der Waals surface area contributed by atoms with Crippen LogP contribution in [-0.2, 0) is 0 Å². The number of benzene rings is 1. The molecule has 1 aliphatic heterocycles. The Balaban J connectivity index is 1.89. The van der Waals surface area contributed by atoms with Crippen molar-refractivity contribution in [1.29, 1.82) is 0 Å². The van der Waals surface area contributed by atoms with Crippen molar-refractivity contribution in [2.75, 3.05) is 18.6 Å². The number of ether oxygens (including phenoxy) is 1. The molecule has 0 aromatic heterocycles. The van der Waals surface area contributed by atoms with Gasteiger partial charge >= 0.3 is 0 Å². The van der Waals surface area contributed by atoms with Crippen LogP contribution in [0.25, 0.3) is 0 Å². The summed E-state index contributed by atoms with van der Waals surface area (Å²) in [4.78, 5) is 6.81. The van der Waals surface area contributed by atoms with E-state index in [0.717, 1.165) is 23.9 Å². The molecule has 4 heteroatoms. The lowest BCUT2D eigenvalue weighted by Crippen LogP contribution is -2.53. The number of hydrogen-bond acceptors (Lipinski definition) is 4. The molecule has 0 radical (unpaired) electrons. The molecule has 1 aromatic rings. The van der Waals surface area contributed by atoms with Gasteiger partial charge in [0.1, 0.15) is 5.75 Å². The Morgan fingerprint density at radius 3 is 2.81 bits per heavy atom. The Bertz CT molecular complexity index is 533. The molecule has 1 aromatic carbocycles. The van der Waals surface area contributed by atoms with E-state index in [-0.39, 0.29) is 5.54 Å². The molecule has 1 aliphatic carbocycles. The molecule has 1 saturated carbocycles. The summed E-state index contributed by atoms with van der Waals surface area (Å²) in [7, 11) is 1.70. The van der Waals surface area contributed by atoms with Gasteiger partial charge in [-0.3, -0.25) is 4.99 Å². The first-order chi connectivity index (χ1) is 10.2. The first-order valence-electron chi connectivity index (χ1n) is 7.93. The maximum Gasteiger partial charge on any atom is 0.196 e. The molecule has 21 heavy (non-hydrogen) atoms. The molecular formula is C17H25N3O. The average Bonchev–Trinajstić information content (AvgIpc) is 2.85. The molecule has 2 N–H and O–H groups in total. The van der Waals surface area contributed by atoms with E-state index < -0.39 is 0 Å². The van der Waals surface area contributed by atoms with Crippen LogP contribution in [-0.4, -0.2) is 25.2 Å². The summed E-state index contributed by atoms with van der Waals surface area (Å²) < 4.78 is 5.35.